The molecule has 1 amide bonds. The summed E-state index contributed by atoms with van der Waals surface area (Å²) in [4.78, 5) is 78.3. The Hall–Kier alpha value is -9.34. The van der Waals surface area contributed by atoms with Crippen molar-refractivity contribution in [3.8, 4) is 29.4 Å². The van der Waals surface area contributed by atoms with E-state index in [-0.39, 0.29) is 134 Å². The summed E-state index contributed by atoms with van der Waals surface area (Å²) < 4.78 is 124. The van der Waals surface area contributed by atoms with Gasteiger partial charge in [0.05, 0.1) is 115 Å². The van der Waals surface area contributed by atoms with Crippen molar-refractivity contribution in [3.63, 3.8) is 0 Å². The van der Waals surface area contributed by atoms with Crippen LogP contribution in [0.5, 0.6) is 29.4 Å². The number of carbonyl (C=O) groups is 6. The number of halogens is 3. The van der Waals surface area contributed by atoms with E-state index < -0.39 is 45.1 Å². The molecule has 0 aromatic carbocycles. The Bertz CT molecular complexity index is 5450. The van der Waals surface area contributed by atoms with Gasteiger partial charge in [-0.05, 0) is 153 Å². The summed E-state index contributed by atoms with van der Waals surface area (Å²) >= 11 is 16.6. The van der Waals surface area contributed by atoms with Gasteiger partial charge in [0.15, 0.2) is 8.29 Å². The Morgan fingerprint density at radius 2 is 0.979 bits per heavy atom. The van der Waals surface area contributed by atoms with Crippen LogP contribution in [0.15, 0.2) is 115 Å². The molecule has 4 bridgehead atoms. The molecule has 2 atom stereocenters. The first-order valence-electron chi connectivity index (χ1n) is 43.7. The van der Waals surface area contributed by atoms with Gasteiger partial charge in [-0.1, -0.05) is 105 Å². The second-order valence-electron chi connectivity index (χ2n) is 31.9. The normalized spacial score (nSPS) is 16.0. The van der Waals surface area contributed by atoms with E-state index in [1.807, 2.05) is 83.2 Å². The Kier molecular flexibility index (Phi) is 55.1. The molecule has 5 aliphatic rings. The number of aldehydes is 1. The maximum Gasteiger partial charge on any atom is 1.00 e. The van der Waals surface area contributed by atoms with Crippen LogP contribution in [0.2, 0.25) is 0 Å². The van der Waals surface area contributed by atoms with Crippen molar-refractivity contribution in [1.82, 2.24) is 110 Å². The van der Waals surface area contributed by atoms with Crippen LogP contribution in [0, 0.1) is 51.3 Å². The number of nitrogens with zero attached hydrogens (tertiary/aromatic N) is 17. The summed E-state index contributed by atoms with van der Waals surface area (Å²) in [5.74, 6) is 1.76. The molecule has 42 nitrogen and oxygen atoms in total. The molecule has 10 aromatic rings. The Morgan fingerprint density at radius 3 is 1.31 bits per heavy atom. The first-order chi connectivity index (χ1) is 66.0. The third-order valence-electron chi connectivity index (χ3n) is 18.2. The summed E-state index contributed by atoms with van der Waals surface area (Å²) in [5.41, 5.74) is -4.81. The predicted octanol–water partition coefficient (Wildman–Crippen LogP) is 9.25. The van der Waals surface area contributed by atoms with Crippen LogP contribution in [-0.4, -0.2) is 245 Å². The van der Waals surface area contributed by atoms with Crippen molar-refractivity contribution in [1.29, 1.82) is 0 Å². The second-order valence-corrected chi connectivity index (χ2v) is 39.4. The Labute approximate surface area is 885 Å². The number of thiazole rings is 2. The van der Waals surface area contributed by atoms with Gasteiger partial charge in [-0.2, -0.15) is 83.1 Å². The minimum atomic E-state index is -5.78. The Morgan fingerprint density at radius 1 is 0.579 bits per heavy atom. The number of rotatable bonds is 39. The average molecular weight is 2130 g/mol. The van der Waals surface area contributed by atoms with E-state index in [9.17, 15) is 55.5 Å². The number of esters is 4. The fourth-order valence-corrected chi connectivity index (χ4v) is 16.1. The van der Waals surface area contributed by atoms with Gasteiger partial charge in [-0.25, -0.2) is 47.6 Å². The molecule has 4 aliphatic carbocycles. The largest absolute Gasteiger partial charge is 1.00 e. The van der Waals surface area contributed by atoms with E-state index in [0.29, 0.717) is 127 Å². The molecule has 0 spiro atoms. The molecular formula is C85H117F3N22Na2O20S8. The zero-order valence-electron chi connectivity index (χ0n) is 81.5. The molecule has 758 valence electrons. The molecule has 1 aliphatic heterocycles. The SMILES string of the molecule is C1CCOC1.CC(C)COc1c(C(=O)NC2C3CC4CC2CC(O)(C4)C3)cnn1/C=C\Sc1cn[nH]n1.CCOC(=O)c1cnn(/C=C\OS(=O)(=O)C(F)(F)F)c1OCC(C)C.CCOC(=O)c1cnn(/C=C\Sc2cn[nH]n2)c1OCC(C)C.CCOC(=O)c1cnn(/C=C\Sc2nccs2)c1OCC(C)C.CCOC(=O)c1cnn(CC=O)c1OCC(C)C.S=c1[nH]ccs1.[H-].[Na+].[Na+].[S-]c1cn[nH]n1. The van der Waals surface area contributed by atoms with E-state index in [0.717, 1.165) is 80.7 Å². The molecule has 15 rings (SSSR count). The van der Waals surface area contributed by atoms with Crippen LogP contribution in [-0.2, 0) is 62.0 Å². The van der Waals surface area contributed by atoms with Crippen molar-refractivity contribution in [2.45, 2.75) is 185 Å². The number of aromatic amines is 4. The third kappa shape index (κ3) is 41.5. The molecule has 11 heterocycles. The van der Waals surface area contributed by atoms with Crippen LogP contribution in [0.1, 0.15) is 195 Å². The molecule has 6 N–H and O–H groups in total. The molecule has 5 fully saturated rings. The van der Waals surface area contributed by atoms with Gasteiger partial charge >= 0.3 is 98.6 Å². The third-order valence-corrected chi connectivity index (χ3v) is 23.5. The van der Waals surface area contributed by atoms with Crippen LogP contribution < -0.4 is 88.1 Å². The summed E-state index contributed by atoms with van der Waals surface area (Å²) in [7, 11) is -5.78. The smallest absolute Gasteiger partial charge is 1.00 e. The van der Waals surface area contributed by atoms with E-state index in [1.165, 1.54) is 98.3 Å². The molecule has 4 saturated carbocycles. The van der Waals surface area contributed by atoms with Gasteiger partial charge in [0.25, 0.3) is 5.91 Å². The van der Waals surface area contributed by atoms with Crippen molar-refractivity contribution in [2.75, 3.05) is 72.7 Å². The number of ether oxygens (including phenoxy) is 10. The van der Waals surface area contributed by atoms with Gasteiger partial charge in [0, 0.05) is 67.2 Å². The number of H-pyrrole nitrogens is 4. The second kappa shape index (κ2) is 63.6. The Balaban J connectivity index is 0.000000353. The number of hydrogen-bond donors (Lipinski definition) is 6. The van der Waals surface area contributed by atoms with Crippen LogP contribution in [0.25, 0.3) is 24.8 Å². The van der Waals surface area contributed by atoms with Gasteiger partial charge in [0.2, 0.25) is 29.4 Å². The van der Waals surface area contributed by atoms with E-state index in [4.69, 9.17) is 59.6 Å². The van der Waals surface area contributed by atoms with Crippen molar-refractivity contribution in [3.05, 3.63) is 127 Å². The average Bonchev–Trinajstić information content (AvgIpc) is 1.48. The number of aromatic nitrogens is 21. The number of hydrogen-bond acceptors (Lipinski definition) is 39. The molecule has 1 saturated heterocycles. The van der Waals surface area contributed by atoms with Crippen LogP contribution in [0.4, 0.5) is 13.2 Å². The minimum absolute atomic E-state index is 0. The van der Waals surface area contributed by atoms with E-state index in [1.54, 1.807) is 92.5 Å². The molecule has 55 heteroatoms. The topological polar surface area (TPSA) is 513 Å². The standard InChI is InChI=1S/C22H30N6O3S.C15H19N3O3S2.C14H19N5O3S.C13H17F3N2O6S.C12H18N2O4.C4H8O.C3H3NS2.C2H3N3S.2Na.H/c1-13(2)12-31-21-17(10-24-28(21)3-4-32-18-11-23-27-26-18)20(29)25-19-15-5-14-6-16(19)9-22(30,7-14)8-15;1-4-20-14(19)12-9-17-18(13(12)21-10-11(2)3)6-8-23-15-16-5-7-22-15;1-4-21-14(20)11-7-16-19(13(11)22-9-10(2)3)5-6-23-12-8-15-18-17-12;1-4-22-12(19)10-7-17-18(11(10)23-8-9(2)3)5-6-24-25(20,21)13(14,15)16;1-4-17-12(16)10-7-13-14(5-6-15)11(10)18-8-9(2)3;1-2-4-5-3-1;5-3-4-1-2-6-3;6-2-1-3-5-4-2;;;/h3-4,10-11,13-16,19,30H,5-9,12H2,1-2H3,(H,25,29)(H,23,26,27);5-9,11H,4,10H2,1-3H3;5-8,10H,4,9H2,1-3H3,(H,15,17,18);5-7,9H,4,8H2,1-3H3;6-7,9H,4-5,8H2,1-3H3;1-4H2;1-2H,(H,4,5);1H,(H2,3,4,5,6);;;/q;;;;;;;;2*+1;-1/p-1/b4-3-;8-6-;2*6-5-;;;;;;;. The van der Waals surface area contributed by atoms with Crippen LogP contribution in [0.3, 0.4) is 0 Å². The van der Waals surface area contributed by atoms with Gasteiger partial charge in [-0.3, -0.25) is 4.79 Å². The fourth-order valence-electron chi connectivity index (χ4n) is 12.7. The zero-order valence-corrected chi connectivity index (χ0v) is 91.0. The van der Waals surface area contributed by atoms with Gasteiger partial charge < -0.3 is 85.8 Å². The maximum atomic E-state index is 13.3. The van der Waals surface area contributed by atoms with Gasteiger partial charge in [-0.15, -0.1) is 32.9 Å². The van der Waals surface area contributed by atoms with Crippen molar-refractivity contribution < 1.29 is 168 Å². The summed E-state index contributed by atoms with van der Waals surface area (Å²) in [6.45, 7) is 31.8. The number of carbonyl (C=O) groups excluding carboxylic acids is 6. The molecule has 0 radical (unpaired) electrons. The van der Waals surface area contributed by atoms with Crippen molar-refractivity contribution >= 4 is 154 Å². The monoisotopic (exact) mass is 2120 g/mol. The molecule has 2 unspecified atom stereocenters. The fraction of sp³-hybridized carbons (Fsp3) is 0.518. The summed E-state index contributed by atoms with van der Waals surface area (Å²) in [6.07, 6.45) is 29.4. The first-order valence-corrected chi connectivity index (χ1v) is 50.3. The first kappa shape index (κ1) is 121. The zero-order chi connectivity index (χ0) is 101. The molecule has 10 aromatic heterocycles. The summed E-state index contributed by atoms with van der Waals surface area (Å²) in [5, 5.41) is 75.6. The predicted molar refractivity (Wildman–Crippen MR) is 515 cm³/mol. The molecular weight excluding hydrogens is 2010 g/mol. The number of thioether (sulfide) groups is 3. The van der Waals surface area contributed by atoms with E-state index in [2.05, 4.69) is 118 Å². The van der Waals surface area contributed by atoms with Crippen LogP contribution >= 0.6 is 70.2 Å². The molecule has 140 heavy (non-hydrogen) atoms. The summed E-state index contributed by atoms with van der Waals surface area (Å²) in [6, 6.07) is 0.110. The quantitative estimate of drug-likeness (QED) is 0.00199. The number of alkyl halides is 3. The number of amides is 1. The van der Waals surface area contributed by atoms with Crippen molar-refractivity contribution in [2.24, 2.45) is 47.3 Å². The minimum Gasteiger partial charge on any atom is -1.00 e. The number of aliphatic hydroxyl groups is 1. The number of nitrogens with one attached hydrogen (secondary N) is 5. The van der Waals surface area contributed by atoms with E-state index >= 15 is 0 Å². The maximum absolute atomic E-state index is 13.3. The van der Waals surface area contributed by atoms with Gasteiger partial charge in [0.1, 0.15) is 57.0 Å².